The fourth-order valence-corrected chi connectivity index (χ4v) is 2.97. The van der Waals surface area contributed by atoms with Gasteiger partial charge in [-0.15, -0.1) is 0 Å². The van der Waals surface area contributed by atoms with Gasteiger partial charge in [0.15, 0.2) is 0 Å². The summed E-state index contributed by atoms with van der Waals surface area (Å²) in [5.74, 6) is -0.985. The second kappa shape index (κ2) is 7.70. The minimum atomic E-state index is -0.985. The van der Waals surface area contributed by atoms with E-state index in [1.165, 1.54) is 0 Å². The maximum Gasteiger partial charge on any atom is 0.336 e. The first-order chi connectivity index (χ1) is 12.1. The van der Waals surface area contributed by atoms with Gasteiger partial charge in [-0.3, -0.25) is 0 Å². The Labute approximate surface area is 146 Å². The number of anilines is 1. The molecule has 2 aromatic rings. The van der Waals surface area contributed by atoms with E-state index in [4.69, 9.17) is 0 Å². The Morgan fingerprint density at radius 2 is 1.56 bits per heavy atom. The number of aromatic carboxylic acids is 1. The van der Waals surface area contributed by atoms with Gasteiger partial charge in [0.05, 0.1) is 5.56 Å². The highest BCUT2D eigenvalue weighted by molar-refractivity contribution is 5.89. The molecule has 0 aromatic heterocycles. The second-order valence-electron chi connectivity index (χ2n) is 5.93. The van der Waals surface area contributed by atoms with Crippen LogP contribution in [0.25, 0.3) is 0 Å². The quantitative estimate of drug-likeness (QED) is 0.897. The topological polar surface area (TPSA) is 72.9 Å². The molecule has 25 heavy (non-hydrogen) atoms. The molecule has 6 nitrogen and oxygen atoms in total. The van der Waals surface area contributed by atoms with E-state index in [0.29, 0.717) is 18.7 Å². The fraction of sp³-hybridized carbons (Fsp3) is 0.263. The number of para-hydroxylation sites is 1. The molecule has 1 heterocycles. The van der Waals surface area contributed by atoms with Crippen LogP contribution in [0.15, 0.2) is 54.6 Å². The number of carboxylic acids is 1. The monoisotopic (exact) mass is 339 g/mol. The van der Waals surface area contributed by atoms with Crippen LogP contribution in [-0.2, 0) is 6.54 Å². The van der Waals surface area contributed by atoms with Crippen LogP contribution in [0.3, 0.4) is 0 Å². The SMILES string of the molecule is O=C(O)c1ccccc1CNC(=O)N1CCN(c2ccccc2)CC1. The molecule has 1 fully saturated rings. The highest BCUT2D eigenvalue weighted by Gasteiger charge is 2.21. The number of carboxylic acid groups (broad SMARTS) is 1. The van der Waals surface area contributed by atoms with Gasteiger partial charge in [0.2, 0.25) is 0 Å². The van der Waals surface area contributed by atoms with Crippen LogP contribution in [0, 0.1) is 0 Å². The molecule has 2 aromatic carbocycles. The van der Waals surface area contributed by atoms with Crippen molar-refractivity contribution in [1.29, 1.82) is 0 Å². The van der Waals surface area contributed by atoms with Crippen molar-refractivity contribution in [2.45, 2.75) is 6.54 Å². The average Bonchev–Trinajstić information content (AvgIpc) is 2.67. The maximum atomic E-state index is 12.3. The lowest BCUT2D eigenvalue weighted by molar-refractivity contribution is 0.0695. The molecule has 0 bridgehead atoms. The van der Waals surface area contributed by atoms with Crippen molar-refractivity contribution in [3.8, 4) is 0 Å². The van der Waals surface area contributed by atoms with Crippen molar-refractivity contribution in [2.24, 2.45) is 0 Å². The Hall–Kier alpha value is -3.02. The molecule has 1 aliphatic heterocycles. The molecule has 3 rings (SSSR count). The molecule has 1 aliphatic rings. The molecule has 0 spiro atoms. The van der Waals surface area contributed by atoms with Gasteiger partial charge in [0.1, 0.15) is 0 Å². The predicted molar refractivity (Wildman–Crippen MR) is 95.9 cm³/mol. The summed E-state index contributed by atoms with van der Waals surface area (Å²) in [6, 6.07) is 16.7. The van der Waals surface area contributed by atoms with Crippen LogP contribution in [0.5, 0.6) is 0 Å². The number of rotatable bonds is 4. The summed E-state index contributed by atoms with van der Waals surface area (Å²) in [7, 11) is 0. The van der Waals surface area contributed by atoms with Crippen molar-refractivity contribution in [2.75, 3.05) is 31.1 Å². The highest BCUT2D eigenvalue weighted by Crippen LogP contribution is 2.15. The molecule has 0 saturated carbocycles. The minimum Gasteiger partial charge on any atom is -0.478 e. The molecule has 0 unspecified atom stereocenters. The van der Waals surface area contributed by atoms with E-state index in [2.05, 4.69) is 22.3 Å². The average molecular weight is 339 g/mol. The Kier molecular flexibility index (Phi) is 5.18. The van der Waals surface area contributed by atoms with Gasteiger partial charge in [-0.25, -0.2) is 9.59 Å². The summed E-state index contributed by atoms with van der Waals surface area (Å²) < 4.78 is 0. The van der Waals surface area contributed by atoms with Crippen LogP contribution in [0.1, 0.15) is 15.9 Å². The standard InChI is InChI=1S/C19H21N3O3/c23-18(24)17-9-5-4-6-15(17)14-20-19(25)22-12-10-21(11-13-22)16-7-2-1-3-8-16/h1-9H,10-14H2,(H,20,25)(H,23,24). The molecule has 2 amide bonds. The van der Waals surface area contributed by atoms with E-state index < -0.39 is 5.97 Å². The Morgan fingerprint density at radius 3 is 2.24 bits per heavy atom. The molecule has 0 aliphatic carbocycles. The largest absolute Gasteiger partial charge is 0.478 e. The third kappa shape index (κ3) is 4.09. The van der Waals surface area contributed by atoms with Crippen LogP contribution in [0.4, 0.5) is 10.5 Å². The lowest BCUT2D eigenvalue weighted by Gasteiger charge is -2.36. The second-order valence-corrected chi connectivity index (χ2v) is 5.93. The van der Waals surface area contributed by atoms with Crippen LogP contribution < -0.4 is 10.2 Å². The lowest BCUT2D eigenvalue weighted by atomic mass is 10.1. The van der Waals surface area contributed by atoms with Crippen molar-refractivity contribution < 1.29 is 14.7 Å². The Morgan fingerprint density at radius 1 is 0.920 bits per heavy atom. The van der Waals surface area contributed by atoms with Crippen LogP contribution in [-0.4, -0.2) is 48.2 Å². The first kappa shape index (κ1) is 16.8. The summed E-state index contributed by atoms with van der Waals surface area (Å²) >= 11 is 0. The summed E-state index contributed by atoms with van der Waals surface area (Å²) in [4.78, 5) is 27.6. The summed E-state index contributed by atoms with van der Waals surface area (Å²) in [6.07, 6.45) is 0. The van der Waals surface area contributed by atoms with E-state index in [1.54, 1.807) is 29.2 Å². The van der Waals surface area contributed by atoms with Gasteiger partial charge in [-0.05, 0) is 23.8 Å². The first-order valence-electron chi connectivity index (χ1n) is 8.29. The van der Waals surface area contributed by atoms with Crippen LogP contribution in [0.2, 0.25) is 0 Å². The number of amides is 2. The zero-order valence-electron chi connectivity index (χ0n) is 13.9. The molecule has 0 atom stereocenters. The molecule has 2 N–H and O–H groups in total. The minimum absolute atomic E-state index is 0.159. The zero-order valence-corrected chi connectivity index (χ0v) is 13.9. The molecule has 6 heteroatoms. The van der Waals surface area contributed by atoms with E-state index >= 15 is 0 Å². The normalized spacial score (nSPS) is 14.2. The number of benzene rings is 2. The number of hydrogen-bond donors (Lipinski definition) is 2. The highest BCUT2D eigenvalue weighted by atomic mass is 16.4. The van der Waals surface area contributed by atoms with Gasteiger partial charge in [-0.1, -0.05) is 36.4 Å². The number of carbonyl (C=O) groups is 2. The third-order valence-corrected chi connectivity index (χ3v) is 4.37. The maximum absolute atomic E-state index is 12.3. The fourth-order valence-electron chi connectivity index (χ4n) is 2.97. The van der Waals surface area contributed by atoms with Crippen molar-refractivity contribution in [3.63, 3.8) is 0 Å². The smallest absolute Gasteiger partial charge is 0.336 e. The van der Waals surface area contributed by atoms with Crippen molar-refractivity contribution in [1.82, 2.24) is 10.2 Å². The van der Waals surface area contributed by atoms with Gasteiger partial charge in [0, 0.05) is 38.4 Å². The molecule has 0 radical (unpaired) electrons. The van der Waals surface area contributed by atoms with Crippen LogP contribution >= 0.6 is 0 Å². The van der Waals surface area contributed by atoms with E-state index in [9.17, 15) is 14.7 Å². The number of piperazine rings is 1. The van der Waals surface area contributed by atoms with E-state index in [-0.39, 0.29) is 18.1 Å². The summed E-state index contributed by atoms with van der Waals surface area (Å²) in [6.45, 7) is 3.05. The van der Waals surface area contributed by atoms with E-state index in [0.717, 1.165) is 18.8 Å². The number of nitrogens with zero attached hydrogens (tertiary/aromatic N) is 2. The molecule has 130 valence electrons. The van der Waals surface area contributed by atoms with Gasteiger partial charge < -0.3 is 20.2 Å². The predicted octanol–water partition coefficient (Wildman–Crippen LogP) is 2.42. The third-order valence-electron chi connectivity index (χ3n) is 4.37. The van der Waals surface area contributed by atoms with Crippen molar-refractivity contribution >= 4 is 17.7 Å². The zero-order chi connectivity index (χ0) is 17.6. The van der Waals surface area contributed by atoms with Gasteiger partial charge in [0.25, 0.3) is 0 Å². The number of carbonyl (C=O) groups excluding carboxylic acids is 1. The van der Waals surface area contributed by atoms with Crippen molar-refractivity contribution in [3.05, 3.63) is 65.7 Å². The van der Waals surface area contributed by atoms with E-state index in [1.807, 2.05) is 18.2 Å². The number of nitrogens with one attached hydrogen (secondary N) is 1. The molecular formula is C19H21N3O3. The van der Waals surface area contributed by atoms with Gasteiger partial charge in [-0.2, -0.15) is 0 Å². The molecular weight excluding hydrogens is 318 g/mol. The number of hydrogen-bond acceptors (Lipinski definition) is 3. The number of urea groups is 1. The Balaban J connectivity index is 1.53. The first-order valence-corrected chi connectivity index (χ1v) is 8.29. The van der Waals surface area contributed by atoms with Gasteiger partial charge >= 0.3 is 12.0 Å². The summed E-state index contributed by atoms with van der Waals surface area (Å²) in [5.41, 5.74) is 1.99. The summed E-state index contributed by atoms with van der Waals surface area (Å²) in [5, 5.41) is 12.0. The molecule has 1 saturated heterocycles. The lowest BCUT2D eigenvalue weighted by Crippen LogP contribution is -2.51. The Bertz CT molecular complexity index is 741.